The molecule has 0 heterocycles. The second-order valence-electron chi connectivity index (χ2n) is 7.34. The van der Waals surface area contributed by atoms with Gasteiger partial charge in [-0.25, -0.2) is 0 Å². The molecule has 0 bridgehead atoms. The van der Waals surface area contributed by atoms with Crippen LogP contribution in [0.15, 0.2) is 84.9 Å². The van der Waals surface area contributed by atoms with E-state index in [0.29, 0.717) is 0 Å². The summed E-state index contributed by atoms with van der Waals surface area (Å²) in [4.78, 5) is 0. The summed E-state index contributed by atoms with van der Waals surface area (Å²) in [7, 11) is 0. The number of hydrogen-bond acceptors (Lipinski definition) is 0. The van der Waals surface area contributed by atoms with Gasteiger partial charge in [0, 0.05) is 0 Å². The Morgan fingerprint density at radius 3 is 1.08 bits per heavy atom. The van der Waals surface area contributed by atoms with Gasteiger partial charge in [-0.2, -0.15) is 0 Å². The van der Waals surface area contributed by atoms with Crippen LogP contribution in [-0.2, 0) is 0 Å². The number of fused-ring (bicyclic) bond motifs is 13. The van der Waals surface area contributed by atoms with E-state index < -0.39 is 0 Å². The fraction of sp³-hybridized carbons (Fsp3) is 0. The van der Waals surface area contributed by atoms with Crippen LogP contribution < -0.4 is 0 Å². The molecule has 0 aliphatic heterocycles. The molecule has 0 fully saturated rings. The van der Waals surface area contributed by atoms with Gasteiger partial charge in [-0.1, -0.05) is 72.8 Å². The fourth-order valence-corrected chi connectivity index (χ4v) is 4.98. The van der Waals surface area contributed by atoms with Crippen molar-refractivity contribution in [1.29, 1.82) is 0 Å². The molecule has 0 aliphatic carbocycles. The van der Waals surface area contributed by atoms with Crippen LogP contribution in [0.3, 0.4) is 0 Å². The maximum atomic E-state index is 2.39. The van der Waals surface area contributed by atoms with Crippen molar-refractivity contribution >= 4 is 64.6 Å². The summed E-state index contributed by atoms with van der Waals surface area (Å²) < 4.78 is 0. The SMILES string of the molecule is c1ccc2cc3c(cc2c1)c1c2ccccc2c1c1c2ccccc2c31. The Bertz CT molecular complexity index is 1500. The van der Waals surface area contributed by atoms with Gasteiger partial charge in [0.15, 0.2) is 0 Å². The van der Waals surface area contributed by atoms with Crippen molar-refractivity contribution in [3.05, 3.63) is 84.9 Å². The molecule has 0 amide bonds. The van der Waals surface area contributed by atoms with E-state index in [9.17, 15) is 0 Å². The van der Waals surface area contributed by atoms with Gasteiger partial charge in [0.2, 0.25) is 0 Å². The topological polar surface area (TPSA) is 0 Å². The number of hydrogen-bond donors (Lipinski definition) is 0. The normalized spacial score (nSPS) is 12.6. The Hall–Kier alpha value is -3.38. The molecule has 0 radical (unpaired) electrons. The number of rotatable bonds is 0. The fourth-order valence-electron chi connectivity index (χ4n) is 4.98. The molecule has 0 nitrogen and oxygen atoms in total. The van der Waals surface area contributed by atoms with Crippen molar-refractivity contribution in [2.45, 2.75) is 0 Å². The lowest BCUT2D eigenvalue weighted by Gasteiger charge is -2.23. The van der Waals surface area contributed by atoms with Crippen LogP contribution in [0.25, 0.3) is 64.6 Å². The Balaban J connectivity index is 1.87. The van der Waals surface area contributed by atoms with Crippen LogP contribution in [0.1, 0.15) is 0 Å². The average molecular weight is 326 g/mol. The Kier molecular flexibility index (Phi) is 2.10. The van der Waals surface area contributed by atoms with Gasteiger partial charge in [-0.05, 0) is 76.8 Å². The minimum atomic E-state index is 1.32. The summed E-state index contributed by atoms with van der Waals surface area (Å²) in [6.45, 7) is 0. The van der Waals surface area contributed by atoms with E-state index in [-0.39, 0.29) is 0 Å². The quantitative estimate of drug-likeness (QED) is 0.253. The number of benzene rings is 5. The van der Waals surface area contributed by atoms with Gasteiger partial charge in [0.1, 0.15) is 0 Å². The summed E-state index contributed by atoms with van der Waals surface area (Å²) in [6, 6.07) is 31.2. The van der Waals surface area contributed by atoms with Crippen LogP contribution in [-0.4, -0.2) is 0 Å². The highest BCUT2D eigenvalue weighted by atomic mass is 14.2. The summed E-state index contributed by atoms with van der Waals surface area (Å²) in [5, 5.41) is 16.8. The van der Waals surface area contributed by atoms with Crippen LogP contribution in [0.5, 0.6) is 0 Å². The van der Waals surface area contributed by atoms with Crippen molar-refractivity contribution in [3.8, 4) is 0 Å². The first kappa shape index (κ1) is 12.9. The summed E-state index contributed by atoms with van der Waals surface area (Å²) >= 11 is 0. The second kappa shape index (κ2) is 4.23. The largest absolute Gasteiger partial charge is 0.0616 e. The molecule has 118 valence electrons. The van der Waals surface area contributed by atoms with Gasteiger partial charge in [0.25, 0.3) is 0 Å². The highest BCUT2D eigenvalue weighted by Crippen LogP contribution is 2.51. The molecule has 0 saturated carbocycles. The molecule has 0 aromatic heterocycles. The maximum Gasteiger partial charge on any atom is -0.000740 e. The molecule has 0 aliphatic rings. The Morgan fingerprint density at radius 2 is 0.654 bits per heavy atom. The molecule has 26 heavy (non-hydrogen) atoms. The average Bonchev–Trinajstić information content (AvgIpc) is 2.67. The first-order valence-corrected chi connectivity index (χ1v) is 9.14. The van der Waals surface area contributed by atoms with Crippen molar-refractivity contribution in [2.24, 2.45) is 0 Å². The molecule has 7 aromatic carbocycles. The minimum absolute atomic E-state index is 1.32. The first-order chi connectivity index (χ1) is 12.9. The summed E-state index contributed by atoms with van der Waals surface area (Å²) in [6.07, 6.45) is 0. The molecule has 0 N–H and O–H groups in total. The molecular weight excluding hydrogens is 312 g/mol. The standard InChI is InChI=1S/C26H14/c1-2-8-16-14-22-21(13-15(16)7-1)23-17-9-3-5-11-19(17)25(23)26-20-12-6-4-10-18(20)24(22)26/h1-14H. The molecule has 7 rings (SSSR count). The molecule has 7 aromatic rings. The zero-order chi connectivity index (χ0) is 16.8. The van der Waals surface area contributed by atoms with Crippen LogP contribution >= 0.6 is 0 Å². The molecule has 0 atom stereocenters. The van der Waals surface area contributed by atoms with Crippen molar-refractivity contribution < 1.29 is 0 Å². The van der Waals surface area contributed by atoms with E-state index in [1.165, 1.54) is 64.6 Å². The maximum absolute atomic E-state index is 2.39. The highest BCUT2D eigenvalue weighted by Gasteiger charge is 2.22. The second-order valence-corrected chi connectivity index (χ2v) is 7.34. The van der Waals surface area contributed by atoms with Gasteiger partial charge >= 0.3 is 0 Å². The van der Waals surface area contributed by atoms with Gasteiger partial charge < -0.3 is 0 Å². The van der Waals surface area contributed by atoms with Gasteiger partial charge in [0.05, 0.1) is 0 Å². The smallest absolute Gasteiger partial charge is 0.000740 e. The molecule has 0 spiro atoms. The van der Waals surface area contributed by atoms with Crippen molar-refractivity contribution in [2.75, 3.05) is 0 Å². The summed E-state index contributed by atoms with van der Waals surface area (Å²) in [5.74, 6) is 0. The van der Waals surface area contributed by atoms with E-state index in [1.807, 2.05) is 0 Å². The predicted octanol–water partition coefficient (Wildman–Crippen LogP) is 7.48. The Morgan fingerprint density at radius 1 is 0.308 bits per heavy atom. The zero-order valence-electron chi connectivity index (χ0n) is 14.1. The molecule has 0 unspecified atom stereocenters. The van der Waals surface area contributed by atoms with Gasteiger partial charge in [-0.15, -0.1) is 0 Å². The lowest BCUT2D eigenvalue weighted by molar-refractivity contribution is 1.79. The minimum Gasteiger partial charge on any atom is -0.0616 e. The molecule has 0 saturated heterocycles. The summed E-state index contributed by atoms with van der Waals surface area (Å²) in [5.41, 5.74) is 0. The third-order valence-corrected chi connectivity index (χ3v) is 6.11. The van der Waals surface area contributed by atoms with E-state index in [4.69, 9.17) is 0 Å². The van der Waals surface area contributed by atoms with Crippen LogP contribution in [0.4, 0.5) is 0 Å². The highest BCUT2D eigenvalue weighted by molar-refractivity contribution is 6.51. The lowest BCUT2D eigenvalue weighted by Crippen LogP contribution is -1.94. The predicted molar refractivity (Wildman–Crippen MR) is 114 cm³/mol. The van der Waals surface area contributed by atoms with Crippen molar-refractivity contribution in [1.82, 2.24) is 0 Å². The van der Waals surface area contributed by atoms with Gasteiger partial charge in [-0.3, -0.25) is 0 Å². The zero-order valence-corrected chi connectivity index (χ0v) is 14.1. The van der Waals surface area contributed by atoms with E-state index in [2.05, 4.69) is 84.9 Å². The third-order valence-electron chi connectivity index (χ3n) is 6.11. The molecular formula is C26H14. The monoisotopic (exact) mass is 326 g/mol. The van der Waals surface area contributed by atoms with Crippen LogP contribution in [0.2, 0.25) is 0 Å². The van der Waals surface area contributed by atoms with Crippen LogP contribution in [0, 0.1) is 0 Å². The van der Waals surface area contributed by atoms with E-state index >= 15 is 0 Å². The Labute approximate surface area is 149 Å². The lowest BCUT2D eigenvalue weighted by atomic mass is 9.79. The first-order valence-electron chi connectivity index (χ1n) is 9.14. The van der Waals surface area contributed by atoms with E-state index in [1.54, 1.807) is 0 Å². The third kappa shape index (κ3) is 1.32. The van der Waals surface area contributed by atoms with Crippen molar-refractivity contribution in [3.63, 3.8) is 0 Å². The molecule has 0 heteroatoms. The van der Waals surface area contributed by atoms with E-state index in [0.717, 1.165) is 0 Å².